The second-order valence-corrected chi connectivity index (χ2v) is 5.60. The number of nitrogens with one attached hydrogen (secondary N) is 1. The molecule has 4 heteroatoms. The molecule has 2 atom stereocenters. The normalized spacial score (nSPS) is 17.2. The molecule has 1 aliphatic heterocycles. The summed E-state index contributed by atoms with van der Waals surface area (Å²) in [5, 5.41) is 2.87. The summed E-state index contributed by atoms with van der Waals surface area (Å²) in [6, 6.07) is 6.62. The SMILES string of the molecule is CC(CCN)C(c1ccc2c(c1)CC(=O)N2)N(C)C. The van der Waals surface area contributed by atoms with E-state index < -0.39 is 0 Å². The summed E-state index contributed by atoms with van der Waals surface area (Å²) >= 11 is 0. The van der Waals surface area contributed by atoms with Crippen LogP contribution in [0.5, 0.6) is 0 Å². The zero-order valence-corrected chi connectivity index (χ0v) is 11.9. The van der Waals surface area contributed by atoms with Gasteiger partial charge in [-0.05, 0) is 50.2 Å². The fraction of sp³-hybridized carbons (Fsp3) is 0.533. The Balaban J connectivity index is 2.28. The van der Waals surface area contributed by atoms with Crippen molar-refractivity contribution in [1.29, 1.82) is 0 Å². The van der Waals surface area contributed by atoms with E-state index in [1.165, 1.54) is 5.56 Å². The van der Waals surface area contributed by atoms with Crippen LogP contribution < -0.4 is 11.1 Å². The molecule has 0 fully saturated rings. The number of carbonyl (C=O) groups excluding carboxylic acids is 1. The van der Waals surface area contributed by atoms with Crippen LogP contribution in [0.3, 0.4) is 0 Å². The standard InChI is InChI=1S/C15H23N3O/c1-10(6-7-16)15(18(2)3)11-4-5-13-12(8-11)9-14(19)17-13/h4-5,8,10,15H,6-7,9,16H2,1-3H3,(H,17,19). The molecule has 1 aromatic carbocycles. The van der Waals surface area contributed by atoms with Gasteiger partial charge in [0.1, 0.15) is 0 Å². The third-order valence-corrected chi connectivity index (χ3v) is 3.81. The van der Waals surface area contributed by atoms with Crippen LogP contribution >= 0.6 is 0 Å². The molecule has 4 nitrogen and oxygen atoms in total. The highest BCUT2D eigenvalue weighted by Gasteiger charge is 2.24. The van der Waals surface area contributed by atoms with E-state index in [0.717, 1.165) is 17.7 Å². The maximum absolute atomic E-state index is 11.4. The fourth-order valence-electron chi connectivity index (χ4n) is 2.99. The Morgan fingerprint density at radius 1 is 1.42 bits per heavy atom. The van der Waals surface area contributed by atoms with Gasteiger partial charge in [-0.25, -0.2) is 0 Å². The van der Waals surface area contributed by atoms with Crippen molar-refractivity contribution in [3.05, 3.63) is 29.3 Å². The highest BCUT2D eigenvalue weighted by Crippen LogP contribution is 2.32. The first-order valence-electron chi connectivity index (χ1n) is 6.82. The van der Waals surface area contributed by atoms with Gasteiger partial charge in [0, 0.05) is 11.7 Å². The molecule has 0 spiro atoms. The number of nitrogens with zero attached hydrogens (tertiary/aromatic N) is 1. The number of nitrogens with two attached hydrogens (primary N) is 1. The van der Waals surface area contributed by atoms with E-state index in [-0.39, 0.29) is 5.91 Å². The molecule has 3 N–H and O–H groups in total. The van der Waals surface area contributed by atoms with E-state index in [4.69, 9.17) is 5.73 Å². The molecule has 1 aliphatic rings. The second kappa shape index (κ2) is 5.72. The van der Waals surface area contributed by atoms with Crippen LogP contribution in [0, 0.1) is 5.92 Å². The minimum absolute atomic E-state index is 0.0866. The van der Waals surface area contributed by atoms with Crippen molar-refractivity contribution in [2.24, 2.45) is 11.7 Å². The van der Waals surface area contributed by atoms with Crippen molar-refractivity contribution >= 4 is 11.6 Å². The minimum Gasteiger partial charge on any atom is -0.330 e. The quantitative estimate of drug-likeness (QED) is 0.849. The molecule has 1 amide bonds. The van der Waals surface area contributed by atoms with E-state index >= 15 is 0 Å². The first-order chi connectivity index (χ1) is 9.02. The van der Waals surface area contributed by atoms with Gasteiger partial charge in [-0.1, -0.05) is 19.1 Å². The molecule has 0 bridgehead atoms. The van der Waals surface area contributed by atoms with Crippen molar-refractivity contribution in [1.82, 2.24) is 4.90 Å². The minimum atomic E-state index is 0.0866. The number of hydrogen-bond acceptors (Lipinski definition) is 3. The number of fused-ring (bicyclic) bond motifs is 1. The first-order valence-corrected chi connectivity index (χ1v) is 6.82. The Bertz CT molecular complexity index is 470. The zero-order valence-electron chi connectivity index (χ0n) is 11.9. The van der Waals surface area contributed by atoms with E-state index in [1.807, 2.05) is 6.07 Å². The molecule has 2 unspecified atom stereocenters. The summed E-state index contributed by atoms with van der Waals surface area (Å²) < 4.78 is 0. The maximum Gasteiger partial charge on any atom is 0.228 e. The van der Waals surface area contributed by atoms with Crippen LogP contribution in [0.25, 0.3) is 0 Å². The van der Waals surface area contributed by atoms with Crippen molar-refractivity contribution in [2.75, 3.05) is 26.0 Å². The van der Waals surface area contributed by atoms with Crippen LogP contribution in [0.15, 0.2) is 18.2 Å². The van der Waals surface area contributed by atoms with Crippen molar-refractivity contribution in [3.63, 3.8) is 0 Å². The van der Waals surface area contributed by atoms with Crippen LogP contribution in [0.1, 0.15) is 30.5 Å². The number of benzene rings is 1. The van der Waals surface area contributed by atoms with Crippen molar-refractivity contribution in [2.45, 2.75) is 25.8 Å². The summed E-state index contributed by atoms with van der Waals surface area (Å²) in [5.41, 5.74) is 9.01. The molecule has 0 aliphatic carbocycles. The summed E-state index contributed by atoms with van der Waals surface area (Å²) in [4.78, 5) is 13.6. The van der Waals surface area contributed by atoms with Gasteiger partial charge < -0.3 is 16.0 Å². The number of carbonyl (C=O) groups is 1. The highest BCUT2D eigenvalue weighted by molar-refractivity contribution is 5.99. The first kappa shape index (κ1) is 14.0. The Labute approximate surface area is 115 Å². The number of anilines is 1. The Morgan fingerprint density at radius 3 is 2.79 bits per heavy atom. The van der Waals surface area contributed by atoms with Crippen LogP contribution in [0.4, 0.5) is 5.69 Å². The van der Waals surface area contributed by atoms with E-state index in [0.29, 0.717) is 24.9 Å². The lowest BCUT2D eigenvalue weighted by atomic mass is 9.90. The number of amides is 1. The average molecular weight is 261 g/mol. The lowest BCUT2D eigenvalue weighted by Crippen LogP contribution is -2.27. The van der Waals surface area contributed by atoms with E-state index in [2.05, 4.69) is 43.4 Å². The van der Waals surface area contributed by atoms with E-state index in [1.54, 1.807) is 0 Å². The molecule has 0 radical (unpaired) electrons. The smallest absolute Gasteiger partial charge is 0.228 e. The van der Waals surface area contributed by atoms with Crippen molar-refractivity contribution in [3.8, 4) is 0 Å². The van der Waals surface area contributed by atoms with Crippen LogP contribution in [-0.4, -0.2) is 31.4 Å². The Kier molecular flexibility index (Phi) is 4.22. The molecule has 0 saturated carbocycles. The topological polar surface area (TPSA) is 58.4 Å². The van der Waals surface area contributed by atoms with Gasteiger partial charge in [0.2, 0.25) is 5.91 Å². The van der Waals surface area contributed by atoms with Gasteiger partial charge in [-0.15, -0.1) is 0 Å². The van der Waals surface area contributed by atoms with Crippen molar-refractivity contribution < 1.29 is 4.79 Å². The second-order valence-electron chi connectivity index (χ2n) is 5.60. The largest absolute Gasteiger partial charge is 0.330 e. The summed E-state index contributed by atoms with van der Waals surface area (Å²) in [5.74, 6) is 0.576. The van der Waals surface area contributed by atoms with Gasteiger partial charge >= 0.3 is 0 Å². The molecule has 0 aromatic heterocycles. The summed E-state index contributed by atoms with van der Waals surface area (Å²) in [7, 11) is 4.18. The summed E-state index contributed by atoms with van der Waals surface area (Å²) in [6.07, 6.45) is 1.49. The van der Waals surface area contributed by atoms with Gasteiger partial charge in [0.05, 0.1) is 6.42 Å². The average Bonchev–Trinajstić information content (AvgIpc) is 2.68. The van der Waals surface area contributed by atoms with Crippen LogP contribution in [-0.2, 0) is 11.2 Å². The third-order valence-electron chi connectivity index (χ3n) is 3.81. The highest BCUT2D eigenvalue weighted by atomic mass is 16.1. The number of hydrogen-bond donors (Lipinski definition) is 2. The zero-order chi connectivity index (χ0) is 14.0. The van der Waals surface area contributed by atoms with Gasteiger partial charge in [-0.3, -0.25) is 4.79 Å². The van der Waals surface area contributed by atoms with Gasteiger partial charge in [0.15, 0.2) is 0 Å². The molecule has 0 saturated heterocycles. The maximum atomic E-state index is 11.4. The van der Waals surface area contributed by atoms with Crippen LogP contribution in [0.2, 0.25) is 0 Å². The predicted octanol–water partition coefficient (Wildman–Crippen LogP) is 1.77. The van der Waals surface area contributed by atoms with E-state index in [9.17, 15) is 4.79 Å². The predicted molar refractivity (Wildman–Crippen MR) is 78.0 cm³/mol. The molecule has 1 aromatic rings. The number of rotatable bonds is 5. The molecule has 104 valence electrons. The Morgan fingerprint density at radius 2 is 2.16 bits per heavy atom. The van der Waals surface area contributed by atoms with Gasteiger partial charge in [-0.2, -0.15) is 0 Å². The monoisotopic (exact) mass is 261 g/mol. The van der Waals surface area contributed by atoms with Gasteiger partial charge in [0.25, 0.3) is 0 Å². The lowest BCUT2D eigenvalue weighted by Gasteiger charge is -2.30. The molecule has 2 rings (SSSR count). The third kappa shape index (κ3) is 2.96. The molecule has 1 heterocycles. The fourth-order valence-corrected chi connectivity index (χ4v) is 2.99. The molecular weight excluding hydrogens is 238 g/mol. The Hall–Kier alpha value is -1.39. The lowest BCUT2D eigenvalue weighted by molar-refractivity contribution is -0.115. The molecule has 19 heavy (non-hydrogen) atoms. The molecular formula is C15H23N3O. The summed E-state index contributed by atoms with van der Waals surface area (Å²) in [6.45, 7) is 2.94.